The minimum Gasteiger partial charge on any atom is -0.481 e. The van der Waals surface area contributed by atoms with E-state index in [9.17, 15) is 5.26 Å². The highest BCUT2D eigenvalue weighted by Gasteiger charge is 2.44. The number of fused-ring (bicyclic) bond motifs is 3. The molecule has 166 valence electrons. The molecule has 4 aromatic heterocycles. The van der Waals surface area contributed by atoms with Crippen molar-refractivity contribution in [2.24, 2.45) is 0 Å². The molecule has 0 saturated carbocycles. The smallest absolute Gasteiger partial charge is 0.212 e. The molecule has 0 aliphatic carbocycles. The zero-order valence-corrected chi connectivity index (χ0v) is 18.8. The van der Waals surface area contributed by atoms with Gasteiger partial charge in [0.15, 0.2) is 0 Å². The molecule has 7 rings (SSSR count). The van der Waals surface area contributed by atoms with Crippen LogP contribution in [0.5, 0.6) is 5.88 Å². The third-order valence-electron chi connectivity index (χ3n) is 6.85. The lowest BCUT2D eigenvalue weighted by atomic mass is 9.87. The Morgan fingerprint density at radius 3 is 2.65 bits per heavy atom. The lowest BCUT2D eigenvalue weighted by molar-refractivity contribution is -0.00876. The molecular formula is C25H22BN7O. The Hall–Kier alpha value is -3.90. The fourth-order valence-corrected chi connectivity index (χ4v) is 5.14. The molecule has 0 amide bonds. The quantitative estimate of drug-likeness (QED) is 0.433. The van der Waals surface area contributed by atoms with Gasteiger partial charge in [0.05, 0.1) is 24.4 Å². The maximum absolute atomic E-state index is 9.48. The summed E-state index contributed by atoms with van der Waals surface area (Å²) in [7, 11) is 7.71. The monoisotopic (exact) mass is 447 g/mol. The minimum atomic E-state index is 0.515. The van der Waals surface area contributed by atoms with Gasteiger partial charge in [-0.2, -0.15) is 10.4 Å². The summed E-state index contributed by atoms with van der Waals surface area (Å²) in [5.74, 6) is 1.61. The predicted octanol–water partition coefficient (Wildman–Crippen LogP) is 1.93. The molecule has 9 heteroatoms. The van der Waals surface area contributed by atoms with E-state index in [1.807, 2.05) is 30.6 Å². The summed E-state index contributed by atoms with van der Waals surface area (Å²) in [5, 5.41) is 13.7. The van der Waals surface area contributed by atoms with Crippen molar-refractivity contribution in [3.8, 4) is 23.1 Å². The van der Waals surface area contributed by atoms with Gasteiger partial charge in [-0.15, -0.1) is 0 Å². The molecule has 3 aliphatic rings. The summed E-state index contributed by atoms with van der Waals surface area (Å²) in [6.07, 6.45) is 8.26. The van der Waals surface area contributed by atoms with Crippen LogP contribution in [0.4, 0.5) is 5.82 Å². The van der Waals surface area contributed by atoms with Crippen molar-refractivity contribution in [3.63, 3.8) is 0 Å². The van der Waals surface area contributed by atoms with Gasteiger partial charge in [0.2, 0.25) is 5.88 Å². The molecule has 4 aromatic rings. The Kier molecular flexibility index (Phi) is 4.96. The maximum Gasteiger partial charge on any atom is 0.212 e. The lowest BCUT2D eigenvalue weighted by Crippen LogP contribution is -2.68. The van der Waals surface area contributed by atoms with E-state index in [-0.39, 0.29) is 0 Å². The number of methoxy groups -OCH3 is 1. The molecule has 3 saturated heterocycles. The summed E-state index contributed by atoms with van der Waals surface area (Å²) in [5.41, 5.74) is 4.82. The van der Waals surface area contributed by atoms with Gasteiger partial charge < -0.3 is 9.64 Å². The minimum absolute atomic E-state index is 0.515. The second kappa shape index (κ2) is 8.15. The summed E-state index contributed by atoms with van der Waals surface area (Å²) >= 11 is 0. The first kappa shape index (κ1) is 20.7. The summed E-state index contributed by atoms with van der Waals surface area (Å²) < 4.78 is 6.81. The summed E-state index contributed by atoms with van der Waals surface area (Å²) in [6, 6.07) is 13.2. The van der Waals surface area contributed by atoms with E-state index in [4.69, 9.17) is 17.6 Å². The van der Waals surface area contributed by atoms with Crippen molar-refractivity contribution in [1.29, 1.82) is 5.26 Å². The van der Waals surface area contributed by atoms with Gasteiger partial charge in [0.1, 0.15) is 19.7 Å². The number of ether oxygens (including phenoxy) is 1. The number of hydrogen-bond donors (Lipinski definition) is 0. The van der Waals surface area contributed by atoms with Gasteiger partial charge in [0, 0.05) is 67.5 Å². The molecule has 3 aliphatic heterocycles. The van der Waals surface area contributed by atoms with E-state index in [0.717, 1.165) is 42.1 Å². The molecule has 3 fully saturated rings. The average Bonchev–Trinajstić information content (AvgIpc) is 3.30. The van der Waals surface area contributed by atoms with E-state index in [2.05, 4.69) is 38.1 Å². The normalized spacial score (nSPS) is 19.6. The van der Waals surface area contributed by atoms with Crippen LogP contribution in [0.3, 0.4) is 0 Å². The number of nitrogens with zero attached hydrogens (tertiary/aromatic N) is 7. The van der Waals surface area contributed by atoms with Gasteiger partial charge in [-0.3, -0.25) is 4.90 Å². The van der Waals surface area contributed by atoms with Crippen molar-refractivity contribution in [1.82, 2.24) is 24.5 Å². The maximum atomic E-state index is 9.48. The van der Waals surface area contributed by atoms with Crippen molar-refractivity contribution in [2.75, 3.05) is 25.1 Å². The number of pyridine rings is 3. The van der Waals surface area contributed by atoms with Crippen molar-refractivity contribution in [2.45, 2.75) is 25.0 Å². The number of piperidine rings is 1. The number of rotatable bonds is 5. The van der Waals surface area contributed by atoms with Crippen LogP contribution in [0.2, 0.25) is 0 Å². The van der Waals surface area contributed by atoms with Crippen LogP contribution >= 0.6 is 0 Å². The van der Waals surface area contributed by atoms with Crippen molar-refractivity contribution < 1.29 is 4.74 Å². The largest absolute Gasteiger partial charge is 0.481 e. The van der Waals surface area contributed by atoms with Crippen LogP contribution in [0, 0.1) is 11.3 Å². The highest BCUT2D eigenvalue weighted by atomic mass is 16.5. The van der Waals surface area contributed by atoms with Crippen LogP contribution in [-0.4, -0.2) is 64.6 Å². The van der Waals surface area contributed by atoms with Gasteiger partial charge in [-0.05, 0) is 24.1 Å². The van der Waals surface area contributed by atoms with Gasteiger partial charge in [0.25, 0.3) is 0 Å². The van der Waals surface area contributed by atoms with Crippen molar-refractivity contribution >= 4 is 24.6 Å². The molecule has 2 radical (unpaired) electrons. The molecule has 8 nitrogen and oxygen atoms in total. The first-order chi connectivity index (χ1) is 16.6. The van der Waals surface area contributed by atoms with Crippen molar-refractivity contribution in [3.05, 3.63) is 66.2 Å². The van der Waals surface area contributed by atoms with E-state index in [1.54, 1.807) is 24.0 Å². The highest BCUT2D eigenvalue weighted by Crippen LogP contribution is 2.36. The Labute approximate surface area is 198 Å². The van der Waals surface area contributed by atoms with E-state index < -0.39 is 0 Å². The average molecular weight is 447 g/mol. The number of nitriles is 1. The van der Waals surface area contributed by atoms with Crippen LogP contribution in [0.1, 0.15) is 17.5 Å². The Morgan fingerprint density at radius 1 is 1.12 bits per heavy atom. The topological polar surface area (TPSA) is 82.6 Å². The van der Waals surface area contributed by atoms with E-state index >= 15 is 0 Å². The van der Waals surface area contributed by atoms with Crippen LogP contribution < -0.4 is 15.1 Å². The van der Waals surface area contributed by atoms with Gasteiger partial charge in [-0.1, -0.05) is 17.6 Å². The third-order valence-corrected chi connectivity index (χ3v) is 6.85. The fourth-order valence-electron chi connectivity index (χ4n) is 5.14. The number of anilines is 1. The Bertz CT molecular complexity index is 1380. The SMILES string of the molecule is [B]c1cc(-c2ccc(N3CC4CC(C3)N4Cc3ccc(OC)nc3)nc2)c2c(C#N)cnn2c1. The van der Waals surface area contributed by atoms with Crippen LogP contribution in [-0.2, 0) is 6.54 Å². The number of aromatic nitrogens is 4. The summed E-state index contributed by atoms with van der Waals surface area (Å²) in [6.45, 7) is 2.82. The molecular weight excluding hydrogens is 425 g/mol. The molecule has 34 heavy (non-hydrogen) atoms. The fraction of sp³-hybridized carbons (Fsp3) is 0.280. The first-order valence-electron chi connectivity index (χ1n) is 11.3. The highest BCUT2D eigenvalue weighted by molar-refractivity contribution is 6.32. The van der Waals surface area contributed by atoms with Gasteiger partial charge >= 0.3 is 0 Å². The zero-order valence-electron chi connectivity index (χ0n) is 18.8. The number of hydrogen-bond acceptors (Lipinski definition) is 7. The standard InChI is InChI=1S/C25H22BN7O/c1-34-24-5-2-16(9-29-24)12-32-20-7-21(32)15-31(14-20)23-4-3-17(10-28-23)22-6-19(26)13-33-25(22)18(8-27)11-30-33/h2-6,9-11,13,20-21H,7,12,14-15H2,1H3. The molecule has 0 N–H and O–H groups in total. The predicted molar refractivity (Wildman–Crippen MR) is 129 cm³/mol. The molecule has 0 aromatic carbocycles. The van der Waals surface area contributed by atoms with Gasteiger partial charge in [-0.25, -0.2) is 14.5 Å². The summed E-state index contributed by atoms with van der Waals surface area (Å²) in [4.78, 5) is 14.0. The first-order valence-corrected chi connectivity index (χ1v) is 11.3. The second-order valence-electron chi connectivity index (χ2n) is 8.88. The second-order valence-corrected chi connectivity index (χ2v) is 8.88. The third kappa shape index (κ3) is 3.47. The zero-order chi connectivity index (χ0) is 23.2. The molecule has 2 unspecified atom stereocenters. The molecule has 2 atom stereocenters. The molecule has 2 bridgehead atoms. The number of piperazine rings is 1. The van der Waals surface area contributed by atoms with E-state index in [1.165, 1.54) is 12.0 Å². The van der Waals surface area contributed by atoms with Crippen LogP contribution in [0.25, 0.3) is 16.6 Å². The Balaban J connectivity index is 1.18. The van der Waals surface area contributed by atoms with E-state index in [0.29, 0.717) is 29.0 Å². The molecule has 7 heterocycles. The lowest BCUT2D eigenvalue weighted by Gasteiger charge is -2.56. The molecule has 0 spiro atoms. The Morgan fingerprint density at radius 2 is 1.97 bits per heavy atom. The van der Waals surface area contributed by atoms with Crippen LogP contribution in [0.15, 0.2) is 55.1 Å².